The number of hydrogen-bond donors (Lipinski definition) is 1. The fraction of sp³-hybridized carbons (Fsp3) is 0.645. The molecule has 1 N–H and O–H groups in total. The number of carbonyl (C=O) groups is 2. The van der Waals surface area contributed by atoms with Crippen LogP contribution in [-0.4, -0.2) is 43.8 Å². The number of fused-ring (bicyclic) bond motifs is 1. The van der Waals surface area contributed by atoms with E-state index in [-0.39, 0.29) is 46.3 Å². The average molecular weight is 549 g/mol. The Morgan fingerprint density at radius 1 is 1.18 bits per heavy atom. The summed E-state index contributed by atoms with van der Waals surface area (Å²) in [5.74, 6) is 0.0537. The molecule has 216 valence electrons. The predicted octanol–water partition coefficient (Wildman–Crippen LogP) is 2.78. The summed E-state index contributed by atoms with van der Waals surface area (Å²) in [6.45, 7) is 13.4. The van der Waals surface area contributed by atoms with Gasteiger partial charge < -0.3 is 5.32 Å². The second-order valence-corrected chi connectivity index (χ2v) is 14.0. The van der Waals surface area contributed by atoms with Crippen molar-refractivity contribution in [2.45, 2.75) is 98.7 Å². The molecule has 9 nitrogen and oxygen atoms in total. The summed E-state index contributed by atoms with van der Waals surface area (Å²) < 4.78 is 3.56. The van der Waals surface area contributed by atoms with Crippen LogP contribution in [0, 0.1) is 22.7 Å². The third-order valence-electron chi connectivity index (χ3n) is 8.91. The minimum Gasteiger partial charge on any atom is -0.352 e. The first-order valence-electron chi connectivity index (χ1n) is 14.6. The van der Waals surface area contributed by atoms with Gasteiger partial charge in [-0.05, 0) is 61.9 Å². The molecule has 1 aromatic heterocycles. The van der Waals surface area contributed by atoms with Gasteiger partial charge in [0.2, 0.25) is 5.91 Å². The molecule has 5 rings (SSSR count). The molecule has 0 radical (unpaired) electrons. The van der Waals surface area contributed by atoms with Crippen LogP contribution in [-0.2, 0) is 23.2 Å². The number of amides is 2. The van der Waals surface area contributed by atoms with Gasteiger partial charge in [0.1, 0.15) is 0 Å². The highest BCUT2D eigenvalue weighted by molar-refractivity contribution is 6.04. The minimum absolute atomic E-state index is 0.00647. The molecule has 3 heterocycles. The van der Waals surface area contributed by atoms with E-state index in [1.165, 1.54) is 5.01 Å². The van der Waals surface area contributed by atoms with E-state index in [4.69, 9.17) is 4.99 Å². The number of aromatic nitrogens is 2. The van der Waals surface area contributed by atoms with E-state index in [1.54, 1.807) is 4.57 Å². The largest absolute Gasteiger partial charge is 0.352 e. The predicted molar refractivity (Wildman–Crippen MR) is 156 cm³/mol. The molecular formula is C31H44N6O3. The Morgan fingerprint density at radius 2 is 1.93 bits per heavy atom. The van der Waals surface area contributed by atoms with Gasteiger partial charge in [-0.2, -0.15) is 5.10 Å². The molecule has 2 aliphatic heterocycles. The van der Waals surface area contributed by atoms with Gasteiger partial charge in [-0.15, -0.1) is 0 Å². The zero-order valence-corrected chi connectivity index (χ0v) is 25.0. The van der Waals surface area contributed by atoms with Crippen molar-refractivity contribution in [3.8, 4) is 0 Å². The Labute approximate surface area is 236 Å². The Kier molecular flexibility index (Phi) is 7.29. The molecule has 0 spiro atoms. The third kappa shape index (κ3) is 5.52. The molecule has 4 unspecified atom stereocenters. The number of allylic oxidation sites excluding steroid dienone is 2. The summed E-state index contributed by atoms with van der Waals surface area (Å²) in [6.07, 6.45) is 12.5. The van der Waals surface area contributed by atoms with Crippen LogP contribution in [0.15, 0.2) is 38.8 Å². The summed E-state index contributed by atoms with van der Waals surface area (Å²) in [4.78, 5) is 43.7. The summed E-state index contributed by atoms with van der Waals surface area (Å²) in [7, 11) is 1.82. The molecule has 0 saturated heterocycles. The molecule has 2 amide bonds. The van der Waals surface area contributed by atoms with Gasteiger partial charge in [0, 0.05) is 25.3 Å². The summed E-state index contributed by atoms with van der Waals surface area (Å²) in [5.41, 5.74) is 2.28. The highest BCUT2D eigenvalue weighted by Gasteiger charge is 2.41. The molecule has 40 heavy (non-hydrogen) atoms. The fourth-order valence-corrected chi connectivity index (χ4v) is 6.46. The molecule has 0 bridgehead atoms. The van der Waals surface area contributed by atoms with Crippen LogP contribution in [0.25, 0.3) is 6.08 Å². The topological polar surface area (TPSA) is 101 Å². The first-order valence-corrected chi connectivity index (χ1v) is 14.6. The van der Waals surface area contributed by atoms with Crippen molar-refractivity contribution in [3.63, 3.8) is 0 Å². The highest BCUT2D eigenvalue weighted by Crippen LogP contribution is 2.41. The summed E-state index contributed by atoms with van der Waals surface area (Å²) in [5, 5.41) is 10.1. The van der Waals surface area contributed by atoms with Crippen molar-refractivity contribution >= 4 is 23.6 Å². The van der Waals surface area contributed by atoms with Crippen LogP contribution in [0.1, 0.15) is 80.1 Å². The minimum atomic E-state index is -0.268. The van der Waals surface area contributed by atoms with Gasteiger partial charge in [0.25, 0.3) is 5.91 Å². The van der Waals surface area contributed by atoms with E-state index in [9.17, 15) is 14.4 Å². The lowest BCUT2D eigenvalue weighted by molar-refractivity contribution is -0.126. The van der Waals surface area contributed by atoms with E-state index in [0.717, 1.165) is 47.9 Å². The maximum Gasteiger partial charge on any atom is 0.330 e. The van der Waals surface area contributed by atoms with Gasteiger partial charge >= 0.3 is 5.69 Å². The van der Waals surface area contributed by atoms with Crippen molar-refractivity contribution < 1.29 is 9.59 Å². The van der Waals surface area contributed by atoms with Crippen LogP contribution < -0.4 is 21.8 Å². The van der Waals surface area contributed by atoms with Crippen molar-refractivity contribution in [1.82, 2.24) is 19.5 Å². The number of nitrogens with one attached hydrogen (secondary N) is 1. The van der Waals surface area contributed by atoms with E-state index in [0.29, 0.717) is 25.3 Å². The number of rotatable bonds is 5. The van der Waals surface area contributed by atoms with E-state index < -0.39 is 0 Å². The molecule has 0 aromatic carbocycles. The van der Waals surface area contributed by atoms with E-state index >= 15 is 0 Å². The maximum atomic E-state index is 13.4. The van der Waals surface area contributed by atoms with E-state index in [2.05, 4.69) is 51.1 Å². The fourth-order valence-electron chi connectivity index (χ4n) is 6.46. The Balaban J connectivity index is 1.28. The smallest absolute Gasteiger partial charge is 0.330 e. The maximum absolute atomic E-state index is 13.4. The number of imidazole rings is 1. The van der Waals surface area contributed by atoms with Crippen LogP contribution >= 0.6 is 0 Å². The van der Waals surface area contributed by atoms with Crippen LogP contribution in [0.5, 0.6) is 0 Å². The monoisotopic (exact) mass is 548 g/mol. The van der Waals surface area contributed by atoms with Crippen molar-refractivity contribution in [2.24, 2.45) is 39.8 Å². The molecule has 9 heteroatoms. The standard InChI is InChI=1S/C31H44N6O3/c1-19-16-26(38)37(34-19)22-10-8-20(9-11-22)28(39)33-25-17-21(14-15-31(25,5)6)23-12-13-24-27(32-23)35(7)29(40)36(24)18-30(2,3)4/h8,10-11,13,20-21,23,25H,9,12,14-18H2,1-7H3,(H,33,39). The number of hydrogen-bond acceptors (Lipinski definition) is 5. The molecule has 1 fully saturated rings. The van der Waals surface area contributed by atoms with Gasteiger partial charge in [0.05, 0.1) is 29.4 Å². The molecular weight excluding hydrogens is 504 g/mol. The van der Waals surface area contributed by atoms with Gasteiger partial charge in [-0.1, -0.05) is 52.8 Å². The molecule has 1 aromatic rings. The lowest BCUT2D eigenvalue weighted by Crippen LogP contribution is -2.52. The molecule has 1 saturated carbocycles. The van der Waals surface area contributed by atoms with Crippen molar-refractivity contribution in [3.05, 3.63) is 45.2 Å². The summed E-state index contributed by atoms with van der Waals surface area (Å²) in [6, 6.07) is 0.136. The second kappa shape index (κ2) is 10.3. The zero-order chi connectivity index (χ0) is 29.0. The number of nitrogens with zero attached hydrogens (tertiary/aromatic N) is 5. The van der Waals surface area contributed by atoms with Gasteiger partial charge in [0.15, 0.2) is 5.49 Å². The quantitative estimate of drug-likeness (QED) is 0.612. The summed E-state index contributed by atoms with van der Waals surface area (Å²) >= 11 is 0. The van der Waals surface area contributed by atoms with Crippen molar-refractivity contribution in [1.29, 1.82) is 0 Å². The normalized spacial score (nSPS) is 27.9. The Bertz CT molecular complexity index is 1480. The van der Waals surface area contributed by atoms with Crippen LogP contribution in [0.2, 0.25) is 0 Å². The molecule has 2 aliphatic carbocycles. The Morgan fingerprint density at radius 3 is 2.55 bits per heavy atom. The lowest BCUT2D eigenvalue weighted by atomic mass is 9.67. The zero-order valence-electron chi connectivity index (χ0n) is 25.0. The Hall–Kier alpha value is -3.23. The second-order valence-electron chi connectivity index (χ2n) is 14.0. The van der Waals surface area contributed by atoms with Gasteiger partial charge in [-0.25, -0.2) is 9.80 Å². The van der Waals surface area contributed by atoms with Crippen LogP contribution in [0.4, 0.5) is 0 Å². The van der Waals surface area contributed by atoms with E-state index in [1.807, 2.05) is 36.8 Å². The lowest BCUT2D eigenvalue weighted by Gasteiger charge is -2.44. The molecule has 4 atom stereocenters. The SMILES string of the molecule is CC1=NN(C2=CCC(C(=O)NC3CC(C4CC=c5c(n(C)c(=O)n5CC(C)(C)C)=N4)CCC3(C)C)C=C2)C(=O)C1. The number of carbonyl (C=O) groups excluding carboxylic acids is 2. The average Bonchev–Trinajstić information content (AvgIpc) is 3.34. The first kappa shape index (κ1) is 28.3. The van der Waals surface area contributed by atoms with Gasteiger partial charge in [-0.3, -0.25) is 23.7 Å². The van der Waals surface area contributed by atoms with Crippen LogP contribution in [0.3, 0.4) is 0 Å². The first-order chi connectivity index (χ1) is 18.7. The third-order valence-corrected chi connectivity index (χ3v) is 8.91. The van der Waals surface area contributed by atoms with Crippen molar-refractivity contribution in [2.75, 3.05) is 0 Å². The number of hydrazone groups is 1. The highest BCUT2D eigenvalue weighted by atomic mass is 16.2. The molecule has 4 aliphatic rings.